The molecule has 0 aliphatic carbocycles. The van der Waals surface area contributed by atoms with Crippen molar-refractivity contribution in [3.05, 3.63) is 30.3 Å². The highest BCUT2D eigenvalue weighted by Gasteiger charge is 2.41. The first-order chi connectivity index (χ1) is 11.5. The van der Waals surface area contributed by atoms with Gasteiger partial charge in [0.05, 0.1) is 4.90 Å². The first-order valence-corrected chi connectivity index (χ1v) is 9.92. The lowest BCUT2D eigenvalue weighted by molar-refractivity contribution is 0.0116. The van der Waals surface area contributed by atoms with Crippen LogP contribution in [0.2, 0.25) is 0 Å². The molecule has 0 radical (unpaired) electrons. The minimum atomic E-state index is -3.56. The molecule has 0 aromatic heterocycles. The molecule has 25 heavy (non-hydrogen) atoms. The summed E-state index contributed by atoms with van der Waals surface area (Å²) in [7, 11) is -1.95. The van der Waals surface area contributed by atoms with E-state index in [0.29, 0.717) is 25.9 Å². The zero-order chi connectivity index (χ0) is 18.9. The molecule has 0 unspecified atom stereocenters. The van der Waals surface area contributed by atoms with Crippen LogP contribution in [0.15, 0.2) is 35.2 Å². The Bertz CT molecular complexity index is 702. The minimum Gasteiger partial charge on any atom is -0.444 e. The summed E-state index contributed by atoms with van der Waals surface area (Å²) in [6.45, 7) is 8.37. The maximum atomic E-state index is 12.9. The number of hydrogen-bond donors (Lipinski definition) is 0. The maximum Gasteiger partial charge on any atom is 0.410 e. The molecular weight excluding hydrogens is 340 g/mol. The third-order valence-electron chi connectivity index (χ3n) is 4.65. The normalized spacial score (nSPS) is 18.2. The van der Waals surface area contributed by atoms with Gasteiger partial charge in [-0.2, -0.15) is 4.31 Å². The fourth-order valence-corrected chi connectivity index (χ4v) is 4.43. The Morgan fingerprint density at radius 2 is 1.68 bits per heavy atom. The lowest BCUT2D eigenvalue weighted by atomic mass is 9.90. The SMILES string of the molecule is CN(C1(C)CCN(C(=O)OC(C)(C)C)CC1)S(=O)(=O)c1ccccc1. The molecule has 7 heteroatoms. The van der Waals surface area contributed by atoms with Gasteiger partial charge in [-0.3, -0.25) is 0 Å². The first-order valence-electron chi connectivity index (χ1n) is 8.48. The average molecular weight is 368 g/mol. The van der Waals surface area contributed by atoms with E-state index in [1.165, 1.54) is 4.31 Å². The molecule has 0 N–H and O–H groups in total. The van der Waals surface area contributed by atoms with E-state index in [1.807, 2.05) is 27.7 Å². The summed E-state index contributed by atoms with van der Waals surface area (Å²) >= 11 is 0. The third-order valence-corrected chi connectivity index (χ3v) is 6.68. The van der Waals surface area contributed by atoms with Crippen molar-refractivity contribution in [3.63, 3.8) is 0 Å². The van der Waals surface area contributed by atoms with Crippen molar-refractivity contribution in [2.75, 3.05) is 20.1 Å². The summed E-state index contributed by atoms with van der Waals surface area (Å²) in [6, 6.07) is 8.43. The van der Waals surface area contributed by atoms with Gasteiger partial charge in [-0.25, -0.2) is 13.2 Å². The monoisotopic (exact) mass is 368 g/mol. The molecule has 1 aliphatic heterocycles. The zero-order valence-electron chi connectivity index (χ0n) is 15.7. The average Bonchev–Trinajstić information content (AvgIpc) is 2.54. The summed E-state index contributed by atoms with van der Waals surface area (Å²) in [5.74, 6) is 0. The molecule has 0 spiro atoms. The van der Waals surface area contributed by atoms with Crippen LogP contribution in [0.25, 0.3) is 0 Å². The number of ether oxygens (including phenoxy) is 1. The number of hydrogen-bond acceptors (Lipinski definition) is 4. The van der Waals surface area contributed by atoms with Gasteiger partial charge in [-0.1, -0.05) is 18.2 Å². The fourth-order valence-electron chi connectivity index (χ4n) is 2.85. The molecule has 0 atom stereocenters. The zero-order valence-corrected chi connectivity index (χ0v) is 16.5. The number of rotatable bonds is 3. The van der Waals surface area contributed by atoms with Crippen molar-refractivity contribution in [1.82, 2.24) is 9.21 Å². The van der Waals surface area contributed by atoms with Crippen LogP contribution in [-0.2, 0) is 14.8 Å². The Morgan fingerprint density at radius 3 is 2.16 bits per heavy atom. The van der Waals surface area contributed by atoms with Crippen molar-refractivity contribution in [2.45, 2.75) is 56.6 Å². The number of sulfonamides is 1. The molecule has 1 saturated heterocycles. The van der Waals surface area contributed by atoms with Crippen LogP contribution in [0.5, 0.6) is 0 Å². The van der Waals surface area contributed by atoms with Crippen molar-refractivity contribution >= 4 is 16.1 Å². The van der Waals surface area contributed by atoms with E-state index >= 15 is 0 Å². The number of carbonyl (C=O) groups excluding carboxylic acids is 1. The smallest absolute Gasteiger partial charge is 0.410 e. The first kappa shape index (κ1) is 19.7. The predicted molar refractivity (Wildman–Crippen MR) is 96.8 cm³/mol. The number of piperidine rings is 1. The van der Waals surface area contributed by atoms with Crippen molar-refractivity contribution in [3.8, 4) is 0 Å². The standard InChI is InChI=1S/C18H28N2O4S/c1-17(2,3)24-16(21)20-13-11-18(4,12-14-20)19(5)25(22,23)15-9-7-6-8-10-15/h6-10H,11-14H2,1-5H3. The molecule has 1 aromatic rings. The van der Waals surface area contributed by atoms with E-state index in [1.54, 1.807) is 42.3 Å². The number of likely N-dealkylation sites (tertiary alicyclic amines) is 1. The van der Waals surface area contributed by atoms with E-state index in [9.17, 15) is 13.2 Å². The van der Waals surface area contributed by atoms with Crippen LogP contribution in [0.4, 0.5) is 4.79 Å². The number of carbonyl (C=O) groups is 1. The predicted octanol–water partition coefficient (Wildman–Crippen LogP) is 3.10. The topological polar surface area (TPSA) is 66.9 Å². The number of nitrogens with zero attached hydrogens (tertiary/aromatic N) is 2. The molecular formula is C18H28N2O4S. The molecule has 0 saturated carbocycles. The van der Waals surface area contributed by atoms with Gasteiger partial charge in [0, 0.05) is 25.7 Å². The Morgan fingerprint density at radius 1 is 1.16 bits per heavy atom. The highest BCUT2D eigenvalue weighted by atomic mass is 32.2. The number of benzene rings is 1. The molecule has 1 amide bonds. The van der Waals surface area contributed by atoms with Crippen LogP contribution in [0.1, 0.15) is 40.5 Å². The molecule has 1 aromatic carbocycles. The van der Waals surface area contributed by atoms with E-state index in [2.05, 4.69) is 0 Å². The van der Waals surface area contributed by atoms with Crippen LogP contribution < -0.4 is 0 Å². The second-order valence-electron chi connectivity index (χ2n) is 7.75. The molecule has 140 valence electrons. The summed E-state index contributed by atoms with van der Waals surface area (Å²) in [4.78, 5) is 14.1. The van der Waals surface area contributed by atoms with Crippen molar-refractivity contribution in [2.24, 2.45) is 0 Å². The Hall–Kier alpha value is -1.60. The van der Waals surface area contributed by atoms with E-state index in [4.69, 9.17) is 4.74 Å². The van der Waals surface area contributed by atoms with E-state index in [0.717, 1.165) is 0 Å². The van der Waals surface area contributed by atoms with Gasteiger partial charge in [0.1, 0.15) is 5.60 Å². The van der Waals surface area contributed by atoms with Gasteiger partial charge in [0.15, 0.2) is 0 Å². The van der Waals surface area contributed by atoms with Crippen LogP contribution in [0, 0.1) is 0 Å². The van der Waals surface area contributed by atoms with E-state index < -0.39 is 21.2 Å². The van der Waals surface area contributed by atoms with Gasteiger partial charge in [-0.05, 0) is 52.7 Å². The fraction of sp³-hybridized carbons (Fsp3) is 0.611. The summed E-state index contributed by atoms with van der Waals surface area (Å²) in [5, 5.41) is 0. The Balaban J connectivity index is 2.08. The van der Waals surface area contributed by atoms with Crippen LogP contribution in [0.3, 0.4) is 0 Å². The van der Waals surface area contributed by atoms with Gasteiger partial charge < -0.3 is 9.64 Å². The highest BCUT2D eigenvalue weighted by molar-refractivity contribution is 7.89. The van der Waals surface area contributed by atoms with Gasteiger partial charge in [0.2, 0.25) is 10.0 Å². The lowest BCUT2D eigenvalue weighted by Crippen LogP contribution is -2.55. The van der Waals surface area contributed by atoms with E-state index in [-0.39, 0.29) is 11.0 Å². The molecule has 1 heterocycles. The Kier molecular flexibility index (Phi) is 5.49. The second kappa shape index (κ2) is 6.96. The molecule has 1 aliphatic rings. The quantitative estimate of drug-likeness (QED) is 0.822. The van der Waals surface area contributed by atoms with Gasteiger partial charge in [-0.15, -0.1) is 0 Å². The molecule has 2 rings (SSSR count). The minimum absolute atomic E-state index is 0.285. The van der Waals surface area contributed by atoms with Crippen molar-refractivity contribution < 1.29 is 17.9 Å². The molecule has 1 fully saturated rings. The van der Waals surface area contributed by atoms with Crippen LogP contribution >= 0.6 is 0 Å². The molecule has 6 nitrogen and oxygen atoms in total. The summed E-state index contributed by atoms with van der Waals surface area (Å²) in [6.07, 6.45) is 0.784. The van der Waals surface area contributed by atoms with Crippen LogP contribution in [-0.4, -0.2) is 55.0 Å². The van der Waals surface area contributed by atoms with Gasteiger partial charge >= 0.3 is 6.09 Å². The largest absolute Gasteiger partial charge is 0.444 e. The molecule has 0 bridgehead atoms. The number of amides is 1. The third kappa shape index (κ3) is 4.52. The maximum absolute atomic E-state index is 12.9. The summed E-state index contributed by atoms with van der Waals surface area (Å²) < 4.78 is 32.6. The van der Waals surface area contributed by atoms with Crippen molar-refractivity contribution in [1.29, 1.82) is 0 Å². The highest BCUT2D eigenvalue weighted by Crippen LogP contribution is 2.32. The Labute approximate surface area is 150 Å². The second-order valence-corrected chi connectivity index (χ2v) is 9.72. The van der Waals surface area contributed by atoms with Gasteiger partial charge in [0.25, 0.3) is 0 Å². The lowest BCUT2D eigenvalue weighted by Gasteiger charge is -2.44. The summed E-state index contributed by atoms with van der Waals surface area (Å²) in [5.41, 5.74) is -1.07.